The Morgan fingerprint density at radius 1 is 1.46 bits per heavy atom. The van der Waals surface area contributed by atoms with Gasteiger partial charge < -0.3 is 10.7 Å². The zero-order chi connectivity index (χ0) is 9.10. The number of rotatable bonds is 2. The van der Waals surface area contributed by atoms with Crippen LogP contribution in [0.15, 0.2) is 30.9 Å². The largest absolute Gasteiger partial charge is 0.360 e. The van der Waals surface area contributed by atoms with Crippen molar-refractivity contribution in [3.05, 3.63) is 36.4 Å². The van der Waals surface area contributed by atoms with Gasteiger partial charge in [-0.25, -0.2) is 9.97 Å². The molecule has 0 fully saturated rings. The summed E-state index contributed by atoms with van der Waals surface area (Å²) in [6.45, 7) is 0.454. The highest BCUT2D eigenvalue weighted by molar-refractivity contribution is 5.57. The SMILES string of the molecule is NCc1cncnc1-c1ccc[nH]1. The van der Waals surface area contributed by atoms with E-state index < -0.39 is 0 Å². The molecule has 4 nitrogen and oxygen atoms in total. The van der Waals surface area contributed by atoms with Crippen LogP contribution in [0.3, 0.4) is 0 Å². The highest BCUT2D eigenvalue weighted by Crippen LogP contribution is 2.17. The van der Waals surface area contributed by atoms with Crippen LogP contribution in [-0.2, 0) is 6.54 Å². The fraction of sp³-hybridized carbons (Fsp3) is 0.111. The maximum absolute atomic E-state index is 5.56. The molecule has 2 aromatic heterocycles. The number of H-pyrrole nitrogens is 1. The molecular formula is C9H10N4. The molecule has 0 radical (unpaired) electrons. The lowest BCUT2D eigenvalue weighted by Crippen LogP contribution is -2.01. The Kier molecular flexibility index (Phi) is 2.06. The van der Waals surface area contributed by atoms with E-state index in [1.54, 1.807) is 6.20 Å². The van der Waals surface area contributed by atoms with Gasteiger partial charge in [-0.05, 0) is 12.1 Å². The second-order valence-electron chi connectivity index (χ2n) is 2.68. The second kappa shape index (κ2) is 3.37. The Labute approximate surface area is 75.8 Å². The molecule has 0 aliphatic carbocycles. The minimum absolute atomic E-state index is 0.454. The minimum atomic E-state index is 0.454. The number of aromatic amines is 1. The summed E-state index contributed by atoms with van der Waals surface area (Å²) < 4.78 is 0. The van der Waals surface area contributed by atoms with Gasteiger partial charge in [0.05, 0.1) is 11.4 Å². The van der Waals surface area contributed by atoms with E-state index in [1.165, 1.54) is 6.33 Å². The van der Waals surface area contributed by atoms with Crippen LogP contribution in [0.25, 0.3) is 11.4 Å². The molecule has 2 rings (SSSR count). The number of nitrogens with two attached hydrogens (primary N) is 1. The van der Waals surface area contributed by atoms with Crippen molar-refractivity contribution in [1.29, 1.82) is 0 Å². The summed E-state index contributed by atoms with van der Waals surface area (Å²) >= 11 is 0. The van der Waals surface area contributed by atoms with E-state index in [2.05, 4.69) is 15.0 Å². The predicted molar refractivity (Wildman–Crippen MR) is 49.7 cm³/mol. The number of hydrogen-bond donors (Lipinski definition) is 2. The summed E-state index contributed by atoms with van der Waals surface area (Å²) in [5, 5.41) is 0. The molecule has 0 saturated carbocycles. The van der Waals surface area contributed by atoms with Crippen LogP contribution in [0.2, 0.25) is 0 Å². The fourth-order valence-corrected chi connectivity index (χ4v) is 1.23. The molecule has 13 heavy (non-hydrogen) atoms. The van der Waals surface area contributed by atoms with E-state index in [9.17, 15) is 0 Å². The lowest BCUT2D eigenvalue weighted by Gasteiger charge is -2.02. The summed E-state index contributed by atoms with van der Waals surface area (Å²) in [5.74, 6) is 0. The lowest BCUT2D eigenvalue weighted by atomic mass is 10.2. The zero-order valence-electron chi connectivity index (χ0n) is 7.07. The van der Waals surface area contributed by atoms with Gasteiger partial charge in [-0.2, -0.15) is 0 Å². The third-order valence-electron chi connectivity index (χ3n) is 1.86. The van der Waals surface area contributed by atoms with Crippen LogP contribution >= 0.6 is 0 Å². The average Bonchev–Trinajstić information content (AvgIpc) is 2.70. The summed E-state index contributed by atoms with van der Waals surface area (Å²) in [5.41, 5.74) is 8.36. The van der Waals surface area contributed by atoms with Crippen molar-refractivity contribution in [1.82, 2.24) is 15.0 Å². The highest BCUT2D eigenvalue weighted by Gasteiger charge is 2.04. The third kappa shape index (κ3) is 1.43. The summed E-state index contributed by atoms with van der Waals surface area (Å²) in [6, 6.07) is 3.89. The van der Waals surface area contributed by atoms with Crippen molar-refractivity contribution in [3.63, 3.8) is 0 Å². The second-order valence-corrected chi connectivity index (χ2v) is 2.68. The molecule has 2 aromatic rings. The molecule has 0 aliphatic rings. The van der Waals surface area contributed by atoms with Crippen LogP contribution in [0.4, 0.5) is 0 Å². The fourth-order valence-electron chi connectivity index (χ4n) is 1.23. The first-order chi connectivity index (χ1) is 6.42. The van der Waals surface area contributed by atoms with E-state index in [0.717, 1.165) is 17.0 Å². The summed E-state index contributed by atoms with van der Waals surface area (Å²) in [7, 11) is 0. The van der Waals surface area contributed by atoms with Crippen molar-refractivity contribution in [2.45, 2.75) is 6.54 Å². The molecule has 0 aliphatic heterocycles. The molecule has 0 atom stereocenters. The quantitative estimate of drug-likeness (QED) is 0.711. The smallest absolute Gasteiger partial charge is 0.116 e. The Bertz CT molecular complexity index is 380. The van der Waals surface area contributed by atoms with Gasteiger partial charge in [0.1, 0.15) is 6.33 Å². The first-order valence-electron chi connectivity index (χ1n) is 4.04. The Morgan fingerprint density at radius 3 is 3.08 bits per heavy atom. The van der Waals surface area contributed by atoms with Crippen LogP contribution in [0, 0.1) is 0 Å². The maximum atomic E-state index is 5.56. The molecule has 66 valence electrons. The van der Waals surface area contributed by atoms with E-state index in [1.807, 2.05) is 18.3 Å². The van der Waals surface area contributed by atoms with Crippen LogP contribution in [-0.4, -0.2) is 15.0 Å². The summed E-state index contributed by atoms with van der Waals surface area (Å²) in [6.07, 6.45) is 5.12. The normalized spacial score (nSPS) is 10.2. The molecule has 4 heteroatoms. The van der Waals surface area contributed by atoms with Gasteiger partial charge in [0.25, 0.3) is 0 Å². The first-order valence-corrected chi connectivity index (χ1v) is 4.04. The molecule has 2 heterocycles. The predicted octanol–water partition coefficient (Wildman–Crippen LogP) is 0.930. The van der Waals surface area contributed by atoms with Gasteiger partial charge in [-0.3, -0.25) is 0 Å². The van der Waals surface area contributed by atoms with Crippen LogP contribution < -0.4 is 5.73 Å². The molecule has 3 N–H and O–H groups in total. The van der Waals surface area contributed by atoms with Gasteiger partial charge in [-0.1, -0.05) is 0 Å². The first kappa shape index (κ1) is 7.94. The van der Waals surface area contributed by atoms with E-state index in [0.29, 0.717) is 6.54 Å². The van der Waals surface area contributed by atoms with Crippen LogP contribution in [0.5, 0.6) is 0 Å². The topological polar surface area (TPSA) is 67.6 Å². The average molecular weight is 174 g/mol. The minimum Gasteiger partial charge on any atom is -0.360 e. The number of nitrogens with one attached hydrogen (secondary N) is 1. The van der Waals surface area contributed by atoms with Crippen molar-refractivity contribution >= 4 is 0 Å². The standard InChI is InChI=1S/C9H10N4/c10-4-7-5-11-6-13-9(7)8-2-1-3-12-8/h1-3,5-6,12H,4,10H2. The Hall–Kier alpha value is -1.68. The Morgan fingerprint density at radius 2 is 2.38 bits per heavy atom. The van der Waals surface area contributed by atoms with E-state index >= 15 is 0 Å². The molecule has 0 spiro atoms. The van der Waals surface area contributed by atoms with Gasteiger partial charge in [0, 0.05) is 24.5 Å². The molecule has 0 bridgehead atoms. The van der Waals surface area contributed by atoms with Gasteiger partial charge >= 0.3 is 0 Å². The molecule has 0 aromatic carbocycles. The van der Waals surface area contributed by atoms with Gasteiger partial charge in [0.15, 0.2) is 0 Å². The van der Waals surface area contributed by atoms with Crippen LogP contribution in [0.1, 0.15) is 5.56 Å². The number of nitrogens with zero attached hydrogens (tertiary/aromatic N) is 2. The van der Waals surface area contributed by atoms with E-state index in [4.69, 9.17) is 5.73 Å². The van der Waals surface area contributed by atoms with Crippen molar-refractivity contribution in [2.24, 2.45) is 5.73 Å². The third-order valence-corrected chi connectivity index (χ3v) is 1.86. The number of aromatic nitrogens is 3. The Balaban J connectivity index is 2.51. The zero-order valence-corrected chi connectivity index (χ0v) is 7.07. The van der Waals surface area contributed by atoms with E-state index in [-0.39, 0.29) is 0 Å². The monoisotopic (exact) mass is 174 g/mol. The lowest BCUT2D eigenvalue weighted by molar-refractivity contribution is 1.01. The number of hydrogen-bond acceptors (Lipinski definition) is 3. The van der Waals surface area contributed by atoms with Gasteiger partial charge in [0.2, 0.25) is 0 Å². The summed E-state index contributed by atoms with van der Waals surface area (Å²) in [4.78, 5) is 11.2. The maximum Gasteiger partial charge on any atom is 0.116 e. The van der Waals surface area contributed by atoms with Crippen molar-refractivity contribution in [3.8, 4) is 11.4 Å². The molecule has 0 unspecified atom stereocenters. The van der Waals surface area contributed by atoms with Gasteiger partial charge in [-0.15, -0.1) is 0 Å². The molecular weight excluding hydrogens is 164 g/mol. The van der Waals surface area contributed by atoms with Crippen molar-refractivity contribution < 1.29 is 0 Å². The molecule has 0 saturated heterocycles. The highest BCUT2D eigenvalue weighted by atomic mass is 14.9. The van der Waals surface area contributed by atoms with Crippen molar-refractivity contribution in [2.75, 3.05) is 0 Å². The molecule has 0 amide bonds.